The average Bonchev–Trinajstić information content (AvgIpc) is 3.33. The molecule has 6 rings (SSSR count). The molecule has 6 aromatic rings. The van der Waals surface area contributed by atoms with E-state index in [4.69, 9.17) is 15.6 Å². The molecule has 0 amide bonds. The minimum atomic E-state index is -0.504. The Balaban J connectivity index is 1.44. The van der Waals surface area contributed by atoms with Crippen LogP contribution in [0.2, 0.25) is 0 Å². The first-order valence-electron chi connectivity index (χ1n) is 12.4. The Hall–Kier alpha value is -5.31. The molecule has 1 unspecified atom stereocenters. The van der Waals surface area contributed by atoms with Gasteiger partial charge in [-0.1, -0.05) is 54.6 Å². The molecule has 192 valence electrons. The fourth-order valence-electron chi connectivity index (χ4n) is 4.82. The number of benzene rings is 3. The monoisotopic (exact) mass is 515 g/mol. The highest BCUT2D eigenvalue weighted by Crippen LogP contribution is 2.32. The summed E-state index contributed by atoms with van der Waals surface area (Å²) in [6.07, 6.45) is 1.34. The molecule has 0 saturated carbocycles. The summed E-state index contributed by atoms with van der Waals surface area (Å²) in [4.78, 5) is 22.2. The van der Waals surface area contributed by atoms with Gasteiger partial charge in [0.1, 0.15) is 29.3 Å². The van der Waals surface area contributed by atoms with Crippen molar-refractivity contribution in [2.24, 2.45) is 0 Å². The molecule has 0 fully saturated rings. The molecule has 3 heterocycles. The van der Waals surface area contributed by atoms with Crippen LogP contribution in [-0.2, 0) is 0 Å². The Bertz CT molecular complexity index is 1930. The van der Waals surface area contributed by atoms with E-state index >= 15 is 0 Å². The smallest absolute Gasteiger partial charge is 0.200 e. The number of aromatic amines is 1. The lowest BCUT2D eigenvalue weighted by atomic mass is 9.98. The van der Waals surface area contributed by atoms with Crippen LogP contribution < -0.4 is 16.5 Å². The van der Waals surface area contributed by atoms with Gasteiger partial charge < -0.3 is 15.5 Å². The summed E-state index contributed by atoms with van der Waals surface area (Å²) in [7, 11) is 0. The fraction of sp³-hybridized carbons (Fsp3) is 0.100. The van der Waals surface area contributed by atoms with Crippen LogP contribution in [0.15, 0.2) is 88.3 Å². The first-order valence-corrected chi connectivity index (χ1v) is 12.4. The number of aryl methyl sites for hydroxylation is 1. The van der Waals surface area contributed by atoms with Crippen molar-refractivity contribution in [3.8, 4) is 11.1 Å². The maximum Gasteiger partial charge on any atom is 0.200 e. The summed E-state index contributed by atoms with van der Waals surface area (Å²) in [6, 6.07) is 21.7. The zero-order chi connectivity index (χ0) is 27.1. The predicted molar refractivity (Wildman–Crippen MR) is 153 cm³/mol. The Morgan fingerprint density at radius 1 is 1.03 bits per heavy atom. The number of nitrogens with two attached hydrogens (primary N) is 1. The van der Waals surface area contributed by atoms with E-state index in [0.29, 0.717) is 39.2 Å². The standard InChI is InChI=1S/C30H25N7O2/c1-16-20-13-12-19(14-22(20)37-36-16)26(31)25-29(32)33-15-34-30(25)35-17(2)28-24(18-8-4-3-5-9-18)27(38)21-10-6-7-11-23(21)39-28/h3-15,17,31H,1-2H3,(H,36,37)(H3,32,33,34,35). The van der Waals surface area contributed by atoms with Crippen molar-refractivity contribution in [2.75, 3.05) is 11.1 Å². The molecule has 0 bridgehead atoms. The number of rotatable bonds is 6. The number of aromatic nitrogens is 4. The predicted octanol–water partition coefficient (Wildman–Crippen LogP) is 5.61. The Morgan fingerprint density at radius 3 is 2.62 bits per heavy atom. The summed E-state index contributed by atoms with van der Waals surface area (Å²) in [5, 5.41) is 21.1. The van der Waals surface area contributed by atoms with E-state index in [1.165, 1.54) is 6.33 Å². The number of hydrogen-bond acceptors (Lipinski definition) is 8. The number of para-hydroxylation sites is 1. The first-order chi connectivity index (χ1) is 18.9. The number of fused-ring (bicyclic) bond motifs is 2. The van der Waals surface area contributed by atoms with E-state index in [1.54, 1.807) is 12.1 Å². The van der Waals surface area contributed by atoms with Crippen LogP contribution in [0, 0.1) is 12.3 Å². The van der Waals surface area contributed by atoms with Crippen molar-refractivity contribution in [1.82, 2.24) is 20.2 Å². The molecule has 0 aliphatic heterocycles. The number of hydrogen-bond donors (Lipinski definition) is 4. The quantitative estimate of drug-likeness (QED) is 0.211. The van der Waals surface area contributed by atoms with Crippen LogP contribution in [0.3, 0.4) is 0 Å². The third-order valence-electron chi connectivity index (χ3n) is 6.80. The molecule has 9 heteroatoms. The molecule has 0 aliphatic carbocycles. The van der Waals surface area contributed by atoms with Gasteiger partial charge in [-0.05, 0) is 37.6 Å². The number of anilines is 2. The summed E-state index contributed by atoms with van der Waals surface area (Å²) in [6.45, 7) is 3.80. The summed E-state index contributed by atoms with van der Waals surface area (Å²) in [5.41, 5.74) is 10.7. The van der Waals surface area contributed by atoms with E-state index in [1.807, 2.05) is 74.5 Å². The van der Waals surface area contributed by atoms with E-state index in [0.717, 1.165) is 22.2 Å². The van der Waals surface area contributed by atoms with Crippen LogP contribution in [0.25, 0.3) is 33.0 Å². The lowest BCUT2D eigenvalue weighted by Gasteiger charge is -2.20. The van der Waals surface area contributed by atoms with Crippen molar-refractivity contribution in [2.45, 2.75) is 19.9 Å². The lowest BCUT2D eigenvalue weighted by Crippen LogP contribution is -2.18. The van der Waals surface area contributed by atoms with E-state index in [-0.39, 0.29) is 17.0 Å². The van der Waals surface area contributed by atoms with Crippen molar-refractivity contribution >= 4 is 39.2 Å². The molecule has 1 atom stereocenters. The number of nitrogens with zero attached hydrogens (tertiary/aromatic N) is 3. The number of H-pyrrole nitrogens is 1. The van der Waals surface area contributed by atoms with Gasteiger partial charge in [0.05, 0.1) is 39.5 Å². The van der Waals surface area contributed by atoms with Gasteiger partial charge in [0.2, 0.25) is 5.43 Å². The Labute approximate surface area is 223 Å². The van der Waals surface area contributed by atoms with E-state index in [2.05, 4.69) is 25.5 Å². The van der Waals surface area contributed by atoms with Gasteiger partial charge in [-0.3, -0.25) is 15.3 Å². The molecule has 9 nitrogen and oxygen atoms in total. The van der Waals surface area contributed by atoms with Crippen LogP contribution in [-0.4, -0.2) is 25.9 Å². The number of nitrogens with one attached hydrogen (secondary N) is 3. The molecule has 0 saturated heterocycles. The first kappa shape index (κ1) is 24.1. The second kappa shape index (κ2) is 9.53. The van der Waals surface area contributed by atoms with Gasteiger partial charge in [-0.2, -0.15) is 5.10 Å². The highest BCUT2D eigenvalue weighted by Gasteiger charge is 2.24. The molecule has 3 aromatic carbocycles. The summed E-state index contributed by atoms with van der Waals surface area (Å²) in [5.74, 6) is 0.971. The van der Waals surface area contributed by atoms with Crippen LogP contribution >= 0.6 is 0 Å². The van der Waals surface area contributed by atoms with Crippen molar-refractivity contribution < 1.29 is 4.42 Å². The van der Waals surface area contributed by atoms with E-state index < -0.39 is 6.04 Å². The second-order valence-electron chi connectivity index (χ2n) is 9.33. The normalized spacial score (nSPS) is 12.1. The molecule has 5 N–H and O–H groups in total. The SMILES string of the molecule is Cc1n[nH]c2cc(C(=N)c3c(N)ncnc3NC(C)c3oc4ccccc4c(=O)c3-c3ccccc3)ccc12. The van der Waals surface area contributed by atoms with Gasteiger partial charge in [0.25, 0.3) is 0 Å². The van der Waals surface area contributed by atoms with Crippen LogP contribution in [0.1, 0.15) is 35.5 Å². The maximum atomic E-state index is 13.7. The zero-order valence-corrected chi connectivity index (χ0v) is 21.3. The minimum absolute atomic E-state index is 0.120. The van der Waals surface area contributed by atoms with Gasteiger partial charge in [-0.25, -0.2) is 9.97 Å². The average molecular weight is 516 g/mol. The Kier molecular flexibility index (Phi) is 5.88. The Morgan fingerprint density at radius 2 is 1.79 bits per heavy atom. The fourth-order valence-corrected chi connectivity index (χ4v) is 4.82. The van der Waals surface area contributed by atoms with Crippen molar-refractivity contribution in [1.29, 1.82) is 5.41 Å². The van der Waals surface area contributed by atoms with Crippen LogP contribution in [0.4, 0.5) is 11.6 Å². The van der Waals surface area contributed by atoms with Gasteiger partial charge in [0.15, 0.2) is 0 Å². The molecular weight excluding hydrogens is 490 g/mol. The molecule has 0 radical (unpaired) electrons. The lowest BCUT2D eigenvalue weighted by molar-refractivity contribution is 0.515. The van der Waals surface area contributed by atoms with Gasteiger partial charge in [0, 0.05) is 10.9 Å². The molecule has 39 heavy (non-hydrogen) atoms. The van der Waals surface area contributed by atoms with Crippen molar-refractivity contribution in [3.63, 3.8) is 0 Å². The maximum absolute atomic E-state index is 13.7. The second-order valence-corrected chi connectivity index (χ2v) is 9.33. The molecule has 0 spiro atoms. The largest absolute Gasteiger partial charge is 0.458 e. The van der Waals surface area contributed by atoms with Gasteiger partial charge in [-0.15, -0.1) is 0 Å². The molecular formula is C30H25N7O2. The highest BCUT2D eigenvalue weighted by atomic mass is 16.3. The summed E-state index contributed by atoms with van der Waals surface area (Å²) >= 11 is 0. The highest BCUT2D eigenvalue weighted by molar-refractivity contribution is 6.17. The van der Waals surface area contributed by atoms with Crippen molar-refractivity contribution in [3.05, 3.63) is 112 Å². The minimum Gasteiger partial charge on any atom is -0.458 e. The summed E-state index contributed by atoms with van der Waals surface area (Å²) < 4.78 is 6.33. The molecule has 0 aliphatic rings. The molecule has 3 aromatic heterocycles. The topological polar surface area (TPSA) is 147 Å². The third-order valence-corrected chi connectivity index (χ3v) is 6.80. The van der Waals surface area contributed by atoms with E-state index in [9.17, 15) is 4.79 Å². The zero-order valence-electron chi connectivity index (χ0n) is 21.3. The van der Waals surface area contributed by atoms with Gasteiger partial charge >= 0.3 is 0 Å². The number of nitrogen functional groups attached to an aromatic ring is 1. The van der Waals surface area contributed by atoms with Crippen LogP contribution in [0.5, 0.6) is 0 Å². The third kappa shape index (κ3) is 4.19.